The number of carbonyl (C=O) groups is 2. The number of anilines is 2. The van der Waals surface area contributed by atoms with Crippen LogP contribution in [0.4, 0.5) is 11.4 Å². The van der Waals surface area contributed by atoms with Crippen molar-refractivity contribution in [1.29, 1.82) is 0 Å². The number of hydrogen-bond acceptors (Lipinski definition) is 3. The number of nitrogens with one attached hydrogen (secondary N) is 2. The summed E-state index contributed by atoms with van der Waals surface area (Å²) in [4.78, 5) is 25.3. The van der Waals surface area contributed by atoms with Gasteiger partial charge in [0.15, 0.2) is 5.60 Å². The molecule has 0 fully saturated rings. The van der Waals surface area contributed by atoms with E-state index in [9.17, 15) is 9.59 Å². The van der Waals surface area contributed by atoms with E-state index in [1.807, 2.05) is 12.1 Å². The van der Waals surface area contributed by atoms with Crippen molar-refractivity contribution in [1.82, 2.24) is 0 Å². The van der Waals surface area contributed by atoms with E-state index >= 15 is 0 Å². The third-order valence-electron chi connectivity index (χ3n) is 4.29. The highest BCUT2D eigenvalue weighted by atomic mass is 79.9. The highest BCUT2D eigenvalue weighted by Crippen LogP contribution is 2.25. The molecular formula is C23H19BrCl2N2O3. The van der Waals surface area contributed by atoms with Crippen molar-refractivity contribution in [3.8, 4) is 5.75 Å². The first-order valence-corrected chi connectivity index (χ1v) is 10.8. The molecule has 0 radical (unpaired) electrons. The molecular weight excluding hydrogens is 503 g/mol. The summed E-state index contributed by atoms with van der Waals surface area (Å²) in [6.07, 6.45) is 0. The maximum atomic E-state index is 12.8. The summed E-state index contributed by atoms with van der Waals surface area (Å²) in [5.74, 6) is -0.145. The van der Waals surface area contributed by atoms with Crippen LogP contribution in [0.5, 0.6) is 5.75 Å². The maximum absolute atomic E-state index is 12.8. The largest absolute Gasteiger partial charge is 0.478 e. The fourth-order valence-electron chi connectivity index (χ4n) is 2.67. The topological polar surface area (TPSA) is 67.4 Å². The minimum absolute atomic E-state index is 0.251. The Hall–Kier alpha value is -2.54. The van der Waals surface area contributed by atoms with Crippen LogP contribution in [-0.4, -0.2) is 17.4 Å². The van der Waals surface area contributed by atoms with Gasteiger partial charge < -0.3 is 15.4 Å². The van der Waals surface area contributed by atoms with Gasteiger partial charge in [0.1, 0.15) is 5.75 Å². The maximum Gasteiger partial charge on any atom is 0.267 e. The zero-order valence-electron chi connectivity index (χ0n) is 16.7. The van der Waals surface area contributed by atoms with Crippen molar-refractivity contribution >= 4 is 62.3 Å². The van der Waals surface area contributed by atoms with Crippen molar-refractivity contribution in [2.45, 2.75) is 19.4 Å². The number of carbonyl (C=O) groups excluding carboxylic acids is 2. The van der Waals surface area contributed by atoms with Crippen LogP contribution < -0.4 is 15.4 Å². The zero-order valence-corrected chi connectivity index (χ0v) is 19.8. The Labute approximate surface area is 198 Å². The number of benzene rings is 3. The second-order valence-electron chi connectivity index (χ2n) is 7.18. The summed E-state index contributed by atoms with van der Waals surface area (Å²) in [7, 11) is 0. The van der Waals surface area contributed by atoms with E-state index in [-0.39, 0.29) is 16.8 Å². The van der Waals surface area contributed by atoms with Gasteiger partial charge in [0.25, 0.3) is 11.8 Å². The Morgan fingerprint density at radius 2 is 1.55 bits per heavy atom. The van der Waals surface area contributed by atoms with Crippen molar-refractivity contribution in [3.05, 3.63) is 86.8 Å². The average molecular weight is 522 g/mol. The Bertz CT molecular complexity index is 1120. The van der Waals surface area contributed by atoms with Crippen LogP contribution >= 0.6 is 39.1 Å². The van der Waals surface area contributed by atoms with Crippen LogP contribution in [0, 0.1) is 0 Å². The highest BCUT2D eigenvalue weighted by molar-refractivity contribution is 9.10. The molecule has 0 atom stereocenters. The molecule has 0 aromatic heterocycles. The average Bonchev–Trinajstić information content (AvgIpc) is 2.69. The molecule has 3 aromatic carbocycles. The summed E-state index contributed by atoms with van der Waals surface area (Å²) in [5.41, 5.74) is 0.187. The first-order valence-electron chi connectivity index (χ1n) is 9.26. The number of amides is 2. The predicted octanol–water partition coefficient (Wildman–Crippen LogP) is 6.80. The summed E-state index contributed by atoms with van der Waals surface area (Å²) >= 11 is 15.3. The molecule has 0 bridgehead atoms. The Morgan fingerprint density at radius 3 is 2.19 bits per heavy atom. The summed E-state index contributed by atoms with van der Waals surface area (Å²) in [5, 5.41) is 6.28. The van der Waals surface area contributed by atoms with Crippen molar-refractivity contribution in [3.63, 3.8) is 0 Å². The molecule has 2 N–H and O–H groups in total. The number of rotatable bonds is 6. The molecule has 0 saturated carbocycles. The van der Waals surface area contributed by atoms with E-state index in [4.69, 9.17) is 27.9 Å². The van der Waals surface area contributed by atoms with Crippen molar-refractivity contribution in [2.24, 2.45) is 0 Å². The van der Waals surface area contributed by atoms with Crippen LogP contribution in [-0.2, 0) is 4.79 Å². The number of halogens is 3. The van der Waals surface area contributed by atoms with Gasteiger partial charge in [-0.05, 0) is 74.5 Å². The fraction of sp³-hybridized carbons (Fsp3) is 0.130. The van der Waals surface area contributed by atoms with E-state index in [1.54, 1.807) is 62.4 Å². The second kappa shape index (κ2) is 9.73. The molecule has 160 valence electrons. The smallest absolute Gasteiger partial charge is 0.267 e. The van der Waals surface area contributed by atoms with Crippen LogP contribution in [0.1, 0.15) is 24.2 Å². The highest BCUT2D eigenvalue weighted by Gasteiger charge is 2.30. The summed E-state index contributed by atoms with van der Waals surface area (Å²) in [6, 6.07) is 18.7. The molecule has 3 aromatic rings. The molecule has 5 nitrogen and oxygen atoms in total. The predicted molar refractivity (Wildman–Crippen MR) is 128 cm³/mol. The van der Waals surface area contributed by atoms with E-state index in [0.717, 1.165) is 4.47 Å². The normalized spacial score (nSPS) is 11.0. The van der Waals surface area contributed by atoms with Gasteiger partial charge in [-0.25, -0.2) is 0 Å². The SMILES string of the molecule is CC(C)(Oc1ccc(Br)cc1)C(=O)Nc1cccc(NC(=O)c2ccc(Cl)cc2Cl)c1. The monoisotopic (exact) mass is 520 g/mol. The lowest BCUT2D eigenvalue weighted by molar-refractivity contribution is -0.128. The van der Waals surface area contributed by atoms with Crippen LogP contribution in [0.25, 0.3) is 0 Å². The van der Waals surface area contributed by atoms with Gasteiger partial charge in [0.05, 0.1) is 10.6 Å². The standard InChI is InChI=1S/C23H19BrCl2N2O3/c1-23(2,31-18-9-6-14(24)7-10-18)22(30)28-17-5-3-4-16(13-17)27-21(29)19-11-8-15(25)12-20(19)26/h3-13H,1-2H3,(H,27,29)(H,28,30). The lowest BCUT2D eigenvalue weighted by atomic mass is 10.1. The lowest BCUT2D eigenvalue weighted by Gasteiger charge is -2.25. The molecule has 0 aliphatic rings. The lowest BCUT2D eigenvalue weighted by Crippen LogP contribution is -2.42. The molecule has 0 aliphatic heterocycles. The van der Waals surface area contributed by atoms with E-state index in [1.165, 1.54) is 6.07 Å². The van der Waals surface area contributed by atoms with E-state index in [0.29, 0.717) is 27.7 Å². The molecule has 0 heterocycles. The first-order chi connectivity index (χ1) is 14.6. The molecule has 8 heteroatoms. The Morgan fingerprint density at radius 1 is 0.903 bits per heavy atom. The van der Waals surface area contributed by atoms with E-state index < -0.39 is 5.60 Å². The van der Waals surface area contributed by atoms with Crippen molar-refractivity contribution < 1.29 is 14.3 Å². The molecule has 0 aliphatic carbocycles. The molecule has 0 unspecified atom stereocenters. The van der Waals surface area contributed by atoms with Crippen LogP contribution in [0.3, 0.4) is 0 Å². The van der Waals surface area contributed by atoms with Gasteiger partial charge in [0.2, 0.25) is 0 Å². The quantitative estimate of drug-likeness (QED) is 0.374. The first kappa shape index (κ1) is 23.1. The van der Waals surface area contributed by atoms with E-state index in [2.05, 4.69) is 26.6 Å². The van der Waals surface area contributed by atoms with Crippen molar-refractivity contribution in [2.75, 3.05) is 10.6 Å². The third-order valence-corrected chi connectivity index (χ3v) is 5.36. The van der Waals surface area contributed by atoms with Crippen LogP contribution in [0.15, 0.2) is 71.2 Å². The Kier molecular flexibility index (Phi) is 7.26. The molecule has 3 rings (SSSR count). The van der Waals surface area contributed by atoms with Gasteiger partial charge in [-0.15, -0.1) is 0 Å². The third kappa shape index (κ3) is 6.23. The summed E-state index contributed by atoms with van der Waals surface area (Å²) in [6.45, 7) is 3.36. The van der Waals surface area contributed by atoms with Gasteiger partial charge in [-0.3, -0.25) is 9.59 Å². The minimum Gasteiger partial charge on any atom is -0.478 e. The molecule has 0 spiro atoms. The minimum atomic E-state index is -1.12. The summed E-state index contributed by atoms with van der Waals surface area (Å²) < 4.78 is 6.76. The van der Waals surface area contributed by atoms with Crippen LogP contribution in [0.2, 0.25) is 10.0 Å². The van der Waals surface area contributed by atoms with Gasteiger partial charge in [-0.1, -0.05) is 45.2 Å². The van der Waals surface area contributed by atoms with Gasteiger partial charge in [-0.2, -0.15) is 0 Å². The number of ether oxygens (including phenoxy) is 1. The zero-order chi connectivity index (χ0) is 22.6. The molecule has 2 amide bonds. The van der Waals surface area contributed by atoms with Gasteiger partial charge in [0, 0.05) is 20.9 Å². The fourth-order valence-corrected chi connectivity index (χ4v) is 3.43. The Balaban J connectivity index is 1.68. The second-order valence-corrected chi connectivity index (χ2v) is 8.94. The molecule has 31 heavy (non-hydrogen) atoms. The molecule has 0 saturated heterocycles. The van der Waals surface area contributed by atoms with Gasteiger partial charge >= 0.3 is 0 Å². The number of hydrogen-bond donors (Lipinski definition) is 2.